The Balaban J connectivity index is 2.05. The maximum atomic E-state index is 12.1. The van der Waals surface area contributed by atoms with Crippen LogP contribution >= 0.6 is 11.8 Å². The molecular formula is C21H18N2OS. The first-order valence-corrected chi connectivity index (χ1v) is 9.09. The van der Waals surface area contributed by atoms with Crippen molar-refractivity contribution in [3.8, 4) is 0 Å². The van der Waals surface area contributed by atoms with E-state index in [0.29, 0.717) is 11.6 Å². The van der Waals surface area contributed by atoms with E-state index in [-0.39, 0.29) is 0 Å². The highest BCUT2D eigenvalue weighted by atomic mass is 32.2. The SMILES string of the molecule is NCCc1c2ccccc2c(Sc2cccc[n+]2[O-])c2ccccc12. The van der Waals surface area contributed by atoms with E-state index in [1.165, 1.54) is 45.1 Å². The summed E-state index contributed by atoms with van der Waals surface area (Å²) in [5.74, 6) is 0. The Morgan fingerprint density at radius 3 is 1.92 bits per heavy atom. The zero-order valence-electron chi connectivity index (χ0n) is 13.7. The van der Waals surface area contributed by atoms with Crippen LogP contribution in [0.4, 0.5) is 0 Å². The van der Waals surface area contributed by atoms with Crippen molar-refractivity contribution >= 4 is 33.3 Å². The second-order valence-corrected chi connectivity index (χ2v) is 6.93. The number of rotatable bonds is 4. The van der Waals surface area contributed by atoms with Gasteiger partial charge in [-0.25, -0.2) is 0 Å². The minimum atomic E-state index is 0.611. The highest BCUT2D eigenvalue weighted by Crippen LogP contribution is 2.40. The molecule has 0 fully saturated rings. The van der Waals surface area contributed by atoms with Gasteiger partial charge in [-0.1, -0.05) is 48.5 Å². The predicted octanol–water partition coefficient (Wildman–Crippen LogP) is 4.28. The van der Waals surface area contributed by atoms with Crippen LogP contribution in [0.2, 0.25) is 0 Å². The third-order valence-electron chi connectivity index (χ3n) is 4.38. The molecular weight excluding hydrogens is 328 g/mol. The Morgan fingerprint density at radius 1 is 0.800 bits per heavy atom. The normalized spacial score (nSPS) is 11.2. The second-order valence-electron chi connectivity index (χ2n) is 5.90. The number of pyridine rings is 1. The van der Waals surface area contributed by atoms with Crippen LogP contribution in [0.15, 0.2) is 82.8 Å². The van der Waals surface area contributed by atoms with Crippen molar-refractivity contribution in [3.05, 3.63) is 83.7 Å². The van der Waals surface area contributed by atoms with E-state index in [1.54, 1.807) is 6.07 Å². The number of hydrogen-bond acceptors (Lipinski definition) is 3. The van der Waals surface area contributed by atoms with Gasteiger partial charge in [0, 0.05) is 17.0 Å². The van der Waals surface area contributed by atoms with E-state index in [1.807, 2.05) is 24.3 Å². The summed E-state index contributed by atoms with van der Waals surface area (Å²) in [6.45, 7) is 0.611. The van der Waals surface area contributed by atoms with Gasteiger partial charge >= 0.3 is 0 Å². The number of benzene rings is 3. The molecule has 0 aliphatic rings. The van der Waals surface area contributed by atoms with Crippen LogP contribution in [0.1, 0.15) is 5.56 Å². The molecule has 0 saturated heterocycles. The van der Waals surface area contributed by atoms with Crippen molar-refractivity contribution in [1.82, 2.24) is 0 Å². The number of nitrogens with two attached hydrogens (primary N) is 1. The van der Waals surface area contributed by atoms with Gasteiger partial charge in [-0.3, -0.25) is 0 Å². The first-order valence-electron chi connectivity index (χ1n) is 8.28. The van der Waals surface area contributed by atoms with E-state index in [2.05, 4.69) is 36.4 Å². The zero-order valence-corrected chi connectivity index (χ0v) is 14.5. The minimum Gasteiger partial charge on any atom is -0.618 e. The van der Waals surface area contributed by atoms with E-state index < -0.39 is 0 Å². The molecule has 4 heteroatoms. The maximum absolute atomic E-state index is 12.1. The molecule has 1 heterocycles. The lowest BCUT2D eigenvalue weighted by molar-refractivity contribution is -0.645. The summed E-state index contributed by atoms with van der Waals surface area (Å²) < 4.78 is 0.919. The first kappa shape index (κ1) is 15.9. The van der Waals surface area contributed by atoms with Gasteiger partial charge in [-0.2, -0.15) is 4.73 Å². The fraction of sp³-hybridized carbons (Fsp3) is 0.0952. The molecule has 0 saturated carbocycles. The summed E-state index contributed by atoms with van der Waals surface area (Å²) in [5.41, 5.74) is 7.15. The summed E-state index contributed by atoms with van der Waals surface area (Å²) in [6, 6.07) is 22.2. The highest BCUT2D eigenvalue weighted by molar-refractivity contribution is 7.99. The first-order chi connectivity index (χ1) is 12.3. The van der Waals surface area contributed by atoms with Crippen LogP contribution in [-0.2, 0) is 6.42 Å². The van der Waals surface area contributed by atoms with Crippen molar-refractivity contribution in [2.45, 2.75) is 16.3 Å². The number of fused-ring (bicyclic) bond motifs is 2. The molecule has 0 aliphatic carbocycles. The predicted molar refractivity (Wildman–Crippen MR) is 104 cm³/mol. The van der Waals surface area contributed by atoms with Crippen LogP contribution in [0.25, 0.3) is 21.5 Å². The van der Waals surface area contributed by atoms with Crippen molar-refractivity contribution in [3.63, 3.8) is 0 Å². The van der Waals surface area contributed by atoms with E-state index in [4.69, 9.17) is 5.73 Å². The average molecular weight is 346 g/mol. The van der Waals surface area contributed by atoms with Crippen molar-refractivity contribution in [2.24, 2.45) is 5.73 Å². The molecule has 25 heavy (non-hydrogen) atoms. The van der Waals surface area contributed by atoms with Crippen LogP contribution in [-0.4, -0.2) is 6.54 Å². The third-order valence-corrected chi connectivity index (χ3v) is 5.55. The van der Waals surface area contributed by atoms with Crippen molar-refractivity contribution < 1.29 is 4.73 Å². The molecule has 2 N–H and O–H groups in total. The third kappa shape index (κ3) is 2.84. The van der Waals surface area contributed by atoms with E-state index in [0.717, 1.165) is 16.0 Å². The molecule has 4 rings (SSSR count). The molecule has 3 nitrogen and oxygen atoms in total. The molecule has 0 atom stereocenters. The molecule has 0 radical (unpaired) electrons. The molecule has 0 amide bonds. The van der Waals surface area contributed by atoms with Crippen molar-refractivity contribution in [1.29, 1.82) is 0 Å². The standard InChI is InChI=1S/C21H18N2OS/c22-13-12-17-15-7-1-3-9-18(15)21(19-10-4-2-8-16(17)19)25-20-11-5-6-14-23(20)24/h1-11,14H,12-13,22H2. The van der Waals surface area contributed by atoms with Crippen LogP contribution in [0.3, 0.4) is 0 Å². The lowest BCUT2D eigenvalue weighted by Gasteiger charge is -2.15. The fourth-order valence-corrected chi connectivity index (χ4v) is 4.38. The molecule has 4 aromatic rings. The monoisotopic (exact) mass is 346 g/mol. The van der Waals surface area contributed by atoms with Crippen molar-refractivity contribution in [2.75, 3.05) is 6.54 Å². The summed E-state index contributed by atoms with van der Waals surface area (Å²) in [4.78, 5) is 1.11. The van der Waals surface area contributed by atoms with Gasteiger partial charge in [0.25, 0.3) is 5.03 Å². The summed E-state index contributed by atoms with van der Waals surface area (Å²) in [7, 11) is 0. The van der Waals surface area contributed by atoms with Crippen LogP contribution < -0.4 is 10.5 Å². The Morgan fingerprint density at radius 2 is 1.36 bits per heavy atom. The zero-order chi connectivity index (χ0) is 17.2. The molecule has 0 bridgehead atoms. The quantitative estimate of drug-likeness (QED) is 0.341. The Hall–Kier alpha value is -2.56. The average Bonchev–Trinajstić information content (AvgIpc) is 2.66. The Labute approximate surface area is 150 Å². The largest absolute Gasteiger partial charge is 0.618 e. The van der Waals surface area contributed by atoms with Gasteiger partial charge in [0.05, 0.1) is 0 Å². The second kappa shape index (κ2) is 6.75. The molecule has 1 aromatic heterocycles. The van der Waals surface area contributed by atoms with Gasteiger partial charge in [-0.05, 0) is 57.9 Å². The summed E-state index contributed by atoms with van der Waals surface area (Å²) >= 11 is 1.52. The van der Waals surface area contributed by atoms with Gasteiger partial charge in [0.15, 0.2) is 6.20 Å². The number of hydrogen-bond donors (Lipinski definition) is 1. The lowest BCUT2D eigenvalue weighted by Crippen LogP contribution is -2.27. The minimum absolute atomic E-state index is 0.611. The van der Waals surface area contributed by atoms with Gasteiger partial charge in [0.1, 0.15) is 0 Å². The fourth-order valence-electron chi connectivity index (χ4n) is 3.30. The Bertz CT molecular complexity index is 1010. The molecule has 0 spiro atoms. The number of nitrogens with zero attached hydrogens (tertiary/aromatic N) is 1. The lowest BCUT2D eigenvalue weighted by atomic mass is 9.95. The molecule has 124 valence electrons. The van der Waals surface area contributed by atoms with E-state index in [9.17, 15) is 5.21 Å². The van der Waals surface area contributed by atoms with Crippen LogP contribution in [0.5, 0.6) is 0 Å². The summed E-state index contributed by atoms with van der Waals surface area (Å²) in [5, 5.41) is 17.6. The van der Waals surface area contributed by atoms with E-state index >= 15 is 0 Å². The van der Waals surface area contributed by atoms with Gasteiger partial charge < -0.3 is 10.9 Å². The van der Waals surface area contributed by atoms with Crippen LogP contribution in [0, 0.1) is 5.21 Å². The number of aromatic nitrogens is 1. The maximum Gasteiger partial charge on any atom is 0.256 e. The smallest absolute Gasteiger partial charge is 0.256 e. The van der Waals surface area contributed by atoms with Gasteiger partial charge in [-0.15, -0.1) is 0 Å². The topological polar surface area (TPSA) is 53.0 Å². The van der Waals surface area contributed by atoms with Gasteiger partial charge in [0.2, 0.25) is 0 Å². The molecule has 3 aromatic carbocycles. The summed E-state index contributed by atoms with van der Waals surface area (Å²) in [6.07, 6.45) is 2.37. The molecule has 0 unspecified atom stereocenters. The Kier molecular flexibility index (Phi) is 4.30. The molecule has 0 aliphatic heterocycles. The highest BCUT2D eigenvalue weighted by Gasteiger charge is 2.16.